The Morgan fingerprint density at radius 3 is 2.70 bits per heavy atom. The molecule has 6 heteroatoms. The molecule has 0 spiro atoms. The number of nitrogens with two attached hydrogens (primary N) is 1. The molecule has 2 aromatic rings. The number of hydrogen-bond donors (Lipinski definition) is 1. The Kier molecular flexibility index (Phi) is 4.79. The average Bonchev–Trinajstić information content (AvgIpc) is 2.42. The smallest absolute Gasteiger partial charge is 0.249 e. The van der Waals surface area contributed by atoms with Crippen LogP contribution in [0.2, 0.25) is 0 Å². The normalized spacial score (nSPS) is 10.3. The van der Waals surface area contributed by atoms with Crippen LogP contribution in [0.4, 0.5) is 5.69 Å². The van der Waals surface area contributed by atoms with Crippen LogP contribution in [0.15, 0.2) is 29.0 Å². The number of nitrogens with zero attached hydrogens (tertiary/aromatic N) is 2. The van der Waals surface area contributed by atoms with Crippen LogP contribution in [0.25, 0.3) is 0 Å². The van der Waals surface area contributed by atoms with E-state index in [1.165, 1.54) is 6.33 Å². The van der Waals surface area contributed by atoms with Crippen LogP contribution in [-0.4, -0.2) is 16.6 Å². The Morgan fingerprint density at radius 2 is 2.00 bits per heavy atom. The van der Waals surface area contributed by atoms with Gasteiger partial charge in [0.15, 0.2) is 5.69 Å². The van der Waals surface area contributed by atoms with Crippen molar-refractivity contribution < 1.29 is 9.47 Å². The van der Waals surface area contributed by atoms with E-state index in [9.17, 15) is 0 Å². The van der Waals surface area contributed by atoms with E-state index in [0.717, 1.165) is 16.5 Å². The summed E-state index contributed by atoms with van der Waals surface area (Å²) in [5, 5.41) is 0. The molecule has 0 unspecified atom stereocenters. The largest absolute Gasteiger partial charge is 0.476 e. The maximum absolute atomic E-state index is 5.97. The number of aryl methyl sites for hydroxylation is 1. The van der Waals surface area contributed by atoms with Gasteiger partial charge >= 0.3 is 0 Å². The van der Waals surface area contributed by atoms with Crippen molar-refractivity contribution in [2.24, 2.45) is 0 Å². The van der Waals surface area contributed by atoms with E-state index in [1.54, 1.807) is 0 Å². The minimum atomic E-state index is 0.302. The number of halogens is 1. The van der Waals surface area contributed by atoms with Crippen molar-refractivity contribution in [1.82, 2.24) is 9.97 Å². The maximum atomic E-state index is 5.97. The van der Waals surface area contributed by atoms with Crippen molar-refractivity contribution in [3.63, 3.8) is 0 Å². The summed E-state index contributed by atoms with van der Waals surface area (Å²) in [5.41, 5.74) is 7.26. The molecular formula is C14H16BrN3O2. The summed E-state index contributed by atoms with van der Waals surface area (Å²) < 4.78 is 12.2. The lowest BCUT2D eigenvalue weighted by molar-refractivity contribution is 0.304. The Bertz CT molecular complexity index is 605. The monoisotopic (exact) mass is 337 g/mol. The number of aromatic nitrogens is 2. The molecule has 5 nitrogen and oxygen atoms in total. The molecule has 2 rings (SSSR count). The Labute approximate surface area is 126 Å². The van der Waals surface area contributed by atoms with E-state index in [2.05, 4.69) is 25.9 Å². The van der Waals surface area contributed by atoms with Crippen molar-refractivity contribution in [2.45, 2.75) is 20.3 Å². The number of benzene rings is 1. The van der Waals surface area contributed by atoms with E-state index in [4.69, 9.17) is 15.2 Å². The van der Waals surface area contributed by atoms with Gasteiger partial charge in [-0.15, -0.1) is 0 Å². The molecule has 2 N–H and O–H groups in total. The molecule has 1 aromatic carbocycles. The molecule has 0 saturated carbocycles. The highest BCUT2D eigenvalue weighted by Crippen LogP contribution is 2.32. The van der Waals surface area contributed by atoms with Gasteiger partial charge in [0.2, 0.25) is 11.8 Å². The summed E-state index contributed by atoms with van der Waals surface area (Å²) in [6.45, 7) is 4.52. The number of ether oxygens (including phenoxy) is 2. The van der Waals surface area contributed by atoms with E-state index in [1.807, 2.05) is 32.0 Å². The Morgan fingerprint density at radius 1 is 1.25 bits per heavy atom. The van der Waals surface area contributed by atoms with Crippen LogP contribution in [0.3, 0.4) is 0 Å². The lowest BCUT2D eigenvalue weighted by Gasteiger charge is -2.12. The Balaban J connectivity index is 2.24. The van der Waals surface area contributed by atoms with Gasteiger partial charge in [-0.25, -0.2) is 0 Å². The van der Waals surface area contributed by atoms with Crippen LogP contribution in [0, 0.1) is 6.92 Å². The molecule has 0 radical (unpaired) electrons. The SMILES string of the molecule is CCCOc1ncnc(Oc2ccc(Br)cc2C)c1N. The highest BCUT2D eigenvalue weighted by molar-refractivity contribution is 9.10. The first kappa shape index (κ1) is 14.6. The zero-order valence-electron chi connectivity index (χ0n) is 11.4. The molecule has 0 fully saturated rings. The second kappa shape index (κ2) is 6.56. The number of anilines is 1. The van der Waals surface area contributed by atoms with E-state index >= 15 is 0 Å². The highest BCUT2D eigenvalue weighted by Gasteiger charge is 2.12. The lowest BCUT2D eigenvalue weighted by Crippen LogP contribution is -2.04. The fourth-order valence-electron chi connectivity index (χ4n) is 1.59. The van der Waals surface area contributed by atoms with Crippen molar-refractivity contribution in [3.05, 3.63) is 34.6 Å². The first-order valence-corrected chi connectivity index (χ1v) is 7.08. The van der Waals surface area contributed by atoms with Gasteiger partial charge in [0, 0.05) is 4.47 Å². The third-order valence-corrected chi connectivity index (χ3v) is 3.09. The second-order valence-electron chi connectivity index (χ2n) is 4.26. The molecule has 1 aromatic heterocycles. The fraction of sp³-hybridized carbons (Fsp3) is 0.286. The summed E-state index contributed by atoms with van der Waals surface area (Å²) in [7, 11) is 0. The van der Waals surface area contributed by atoms with Gasteiger partial charge in [0.05, 0.1) is 6.61 Å². The van der Waals surface area contributed by atoms with Gasteiger partial charge in [0.1, 0.15) is 12.1 Å². The van der Waals surface area contributed by atoms with Gasteiger partial charge in [-0.05, 0) is 37.1 Å². The van der Waals surface area contributed by atoms with Crippen LogP contribution in [-0.2, 0) is 0 Å². The van der Waals surface area contributed by atoms with E-state index in [0.29, 0.717) is 29.8 Å². The molecule has 1 heterocycles. The number of nitrogen functional groups attached to an aromatic ring is 1. The number of rotatable bonds is 5. The molecule has 0 amide bonds. The molecule has 0 aliphatic heterocycles. The topological polar surface area (TPSA) is 70.3 Å². The van der Waals surface area contributed by atoms with E-state index in [-0.39, 0.29) is 0 Å². The first-order valence-electron chi connectivity index (χ1n) is 6.29. The molecule has 0 aliphatic rings. The molecule has 0 atom stereocenters. The van der Waals surface area contributed by atoms with Crippen molar-refractivity contribution in [2.75, 3.05) is 12.3 Å². The van der Waals surface area contributed by atoms with Gasteiger partial charge in [-0.3, -0.25) is 0 Å². The third-order valence-electron chi connectivity index (χ3n) is 2.60. The second-order valence-corrected chi connectivity index (χ2v) is 5.17. The van der Waals surface area contributed by atoms with Crippen LogP contribution < -0.4 is 15.2 Å². The van der Waals surface area contributed by atoms with Gasteiger partial charge in [-0.1, -0.05) is 22.9 Å². The molecule has 0 bridgehead atoms. The minimum Gasteiger partial charge on any atom is -0.476 e. The molecule has 0 saturated heterocycles. The van der Waals surface area contributed by atoms with Crippen molar-refractivity contribution in [1.29, 1.82) is 0 Å². The molecule has 0 aliphatic carbocycles. The lowest BCUT2D eigenvalue weighted by atomic mass is 10.2. The predicted octanol–water partition coefficient (Wildman–Crippen LogP) is 3.71. The van der Waals surface area contributed by atoms with Crippen molar-refractivity contribution >= 4 is 21.6 Å². The summed E-state index contributed by atoms with van der Waals surface area (Å²) in [6.07, 6.45) is 2.26. The molecular weight excluding hydrogens is 322 g/mol. The Hall–Kier alpha value is -1.82. The summed E-state index contributed by atoms with van der Waals surface area (Å²) in [6, 6.07) is 5.71. The summed E-state index contributed by atoms with van der Waals surface area (Å²) >= 11 is 3.41. The maximum Gasteiger partial charge on any atom is 0.249 e. The molecule has 106 valence electrons. The fourth-order valence-corrected chi connectivity index (χ4v) is 2.07. The standard InChI is InChI=1S/C14H16BrN3O2/c1-3-6-19-13-12(16)14(18-8-17-13)20-11-5-4-10(15)7-9(11)2/h4-5,7-8H,3,6,16H2,1-2H3. The number of hydrogen-bond acceptors (Lipinski definition) is 5. The zero-order chi connectivity index (χ0) is 14.5. The molecule has 20 heavy (non-hydrogen) atoms. The summed E-state index contributed by atoms with van der Waals surface area (Å²) in [5.74, 6) is 1.35. The van der Waals surface area contributed by atoms with Gasteiger partial charge in [0.25, 0.3) is 0 Å². The van der Waals surface area contributed by atoms with Gasteiger partial charge < -0.3 is 15.2 Å². The minimum absolute atomic E-state index is 0.302. The quantitative estimate of drug-likeness (QED) is 0.900. The predicted molar refractivity (Wildman–Crippen MR) is 81.2 cm³/mol. The van der Waals surface area contributed by atoms with Crippen LogP contribution >= 0.6 is 15.9 Å². The zero-order valence-corrected chi connectivity index (χ0v) is 13.0. The van der Waals surface area contributed by atoms with Crippen molar-refractivity contribution in [3.8, 4) is 17.5 Å². The third kappa shape index (κ3) is 3.39. The summed E-state index contributed by atoms with van der Waals surface area (Å²) in [4.78, 5) is 8.06. The van der Waals surface area contributed by atoms with E-state index < -0.39 is 0 Å². The highest BCUT2D eigenvalue weighted by atomic mass is 79.9. The van der Waals surface area contributed by atoms with Crippen LogP contribution in [0.5, 0.6) is 17.5 Å². The first-order chi connectivity index (χ1) is 9.61. The average molecular weight is 338 g/mol. The van der Waals surface area contributed by atoms with Gasteiger partial charge in [-0.2, -0.15) is 9.97 Å². The van der Waals surface area contributed by atoms with Crippen LogP contribution in [0.1, 0.15) is 18.9 Å².